The van der Waals surface area contributed by atoms with Crippen molar-refractivity contribution in [2.45, 2.75) is 16.7 Å². The Morgan fingerprint density at radius 1 is 1.16 bits per heavy atom. The van der Waals surface area contributed by atoms with Crippen LogP contribution >= 0.6 is 23.4 Å². The number of aryl methyl sites for hydroxylation is 2. The summed E-state index contributed by atoms with van der Waals surface area (Å²) in [7, 11) is -1.99. The van der Waals surface area contributed by atoms with Gasteiger partial charge in [-0.3, -0.25) is 4.68 Å². The van der Waals surface area contributed by atoms with Gasteiger partial charge in [-0.15, -0.1) is 11.8 Å². The maximum Gasteiger partial charge on any atom is 0.248 e. The summed E-state index contributed by atoms with van der Waals surface area (Å²) >= 11 is 7.86. The summed E-state index contributed by atoms with van der Waals surface area (Å²) in [6.45, 7) is 3.82. The molecule has 1 aliphatic rings. The number of thioether (sulfide) groups is 1. The van der Waals surface area contributed by atoms with E-state index in [9.17, 15) is 8.42 Å². The van der Waals surface area contributed by atoms with Gasteiger partial charge in [0.25, 0.3) is 0 Å². The summed E-state index contributed by atoms with van der Waals surface area (Å²) in [5.74, 6) is 0. The number of rotatable bonds is 4. The maximum atomic E-state index is 13.0. The second-order valence-electron chi connectivity index (χ2n) is 5.89. The number of benzene rings is 1. The van der Waals surface area contributed by atoms with Crippen LogP contribution in [0.4, 0.5) is 5.69 Å². The highest BCUT2D eigenvalue weighted by molar-refractivity contribution is 7.98. The third kappa shape index (κ3) is 3.40. The number of sulfonamides is 1. The monoisotopic (exact) mass is 400 g/mol. The molecule has 1 fully saturated rings. The minimum absolute atomic E-state index is 0.120. The lowest BCUT2D eigenvalue weighted by atomic mass is 10.2. The fourth-order valence-electron chi connectivity index (χ4n) is 3.09. The molecule has 6 nitrogen and oxygen atoms in total. The lowest BCUT2D eigenvalue weighted by Gasteiger charge is -2.36. The average molecular weight is 401 g/mol. The van der Waals surface area contributed by atoms with Gasteiger partial charge in [0.05, 0.1) is 11.4 Å². The number of hydrogen-bond acceptors (Lipinski definition) is 5. The SMILES string of the molecule is CSc1ccccc1N1CCN(S(=O)(=O)c2c(C)nn(C)c2Cl)CC1. The molecule has 136 valence electrons. The number of piperazine rings is 1. The van der Waals surface area contributed by atoms with Crippen LogP contribution in [0.5, 0.6) is 0 Å². The van der Waals surface area contributed by atoms with Crippen molar-refractivity contribution in [3.63, 3.8) is 0 Å². The molecule has 2 aromatic rings. The smallest absolute Gasteiger partial charge is 0.248 e. The quantitative estimate of drug-likeness (QED) is 0.738. The lowest BCUT2D eigenvalue weighted by Crippen LogP contribution is -2.48. The van der Waals surface area contributed by atoms with Crippen LogP contribution in [0.1, 0.15) is 5.69 Å². The molecular weight excluding hydrogens is 380 g/mol. The normalized spacial score (nSPS) is 16.4. The molecule has 1 aliphatic heterocycles. The largest absolute Gasteiger partial charge is 0.368 e. The Hall–Kier alpha value is -1.22. The van der Waals surface area contributed by atoms with Crippen molar-refractivity contribution in [2.75, 3.05) is 37.3 Å². The maximum absolute atomic E-state index is 13.0. The molecule has 0 atom stereocenters. The zero-order valence-electron chi connectivity index (χ0n) is 14.4. The molecule has 25 heavy (non-hydrogen) atoms. The Morgan fingerprint density at radius 2 is 1.80 bits per heavy atom. The third-order valence-electron chi connectivity index (χ3n) is 4.36. The molecule has 9 heteroatoms. The molecule has 0 unspecified atom stereocenters. The minimum Gasteiger partial charge on any atom is -0.368 e. The van der Waals surface area contributed by atoms with Crippen molar-refractivity contribution in [3.05, 3.63) is 35.1 Å². The topological polar surface area (TPSA) is 58.4 Å². The summed E-state index contributed by atoms with van der Waals surface area (Å²) in [4.78, 5) is 3.55. The van der Waals surface area contributed by atoms with Crippen LogP contribution < -0.4 is 4.90 Å². The first-order valence-electron chi connectivity index (χ1n) is 7.93. The van der Waals surface area contributed by atoms with Crippen LogP contribution in [0.2, 0.25) is 5.15 Å². The molecule has 2 heterocycles. The fourth-order valence-corrected chi connectivity index (χ4v) is 5.84. The van der Waals surface area contributed by atoms with Gasteiger partial charge in [0.1, 0.15) is 10.0 Å². The van der Waals surface area contributed by atoms with Crippen molar-refractivity contribution >= 4 is 39.1 Å². The third-order valence-corrected chi connectivity index (χ3v) is 7.74. The zero-order chi connectivity index (χ0) is 18.2. The van der Waals surface area contributed by atoms with E-state index in [-0.39, 0.29) is 10.0 Å². The Balaban J connectivity index is 1.80. The van der Waals surface area contributed by atoms with Crippen LogP contribution in [0.25, 0.3) is 0 Å². The molecule has 1 aromatic carbocycles. The molecule has 0 spiro atoms. The first kappa shape index (κ1) is 18.6. The van der Waals surface area contributed by atoms with Crippen molar-refractivity contribution in [1.82, 2.24) is 14.1 Å². The summed E-state index contributed by atoms with van der Waals surface area (Å²) < 4.78 is 28.8. The van der Waals surface area contributed by atoms with Crippen molar-refractivity contribution in [2.24, 2.45) is 7.05 Å². The van der Waals surface area contributed by atoms with E-state index >= 15 is 0 Å². The highest BCUT2D eigenvalue weighted by Crippen LogP contribution is 2.31. The van der Waals surface area contributed by atoms with E-state index in [2.05, 4.69) is 22.1 Å². The van der Waals surface area contributed by atoms with Crippen molar-refractivity contribution in [1.29, 1.82) is 0 Å². The summed E-state index contributed by atoms with van der Waals surface area (Å²) in [5.41, 5.74) is 1.59. The zero-order valence-corrected chi connectivity index (χ0v) is 16.8. The Kier molecular flexibility index (Phi) is 5.34. The Morgan fingerprint density at radius 3 is 2.36 bits per heavy atom. The minimum atomic E-state index is -3.64. The van der Waals surface area contributed by atoms with Gasteiger partial charge in [0.2, 0.25) is 10.0 Å². The van der Waals surface area contributed by atoms with Gasteiger partial charge >= 0.3 is 0 Å². The van der Waals surface area contributed by atoms with E-state index in [1.54, 1.807) is 25.7 Å². The van der Waals surface area contributed by atoms with Gasteiger partial charge in [0.15, 0.2) is 0 Å². The molecule has 0 N–H and O–H groups in total. The second-order valence-corrected chi connectivity index (χ2v) is 8.97. The number of nitrogens with zero attached hydrogens (tertiary/aromatic N) is 4. The Bertz CT molecular complexity index is 874. The lowest BCUT2D eigenvalue weighted by molar-refractivity contribution is 0.384. The predicted octanol–water partition coefficient (Wildman–Crippen LogP) is 2.61. The molecular formula is C16H21ClN4O2S2. The molecule has 0 saturated carbocycles. The van der Waals surface area contributed by atoms with Crippen molar-refractivity contribution < 1.29 is 8.42 Å². The number of aromatic nitrogens is 2. The predicted molar refractivity (Wildman–Crippen MR) is 102 cm³/mol. The summed E-state index contributed by atoms with van der Waals surface area (Å²) in [6, 6.07) is 8.19. The summed E-state index contributed by atoms with van der Waals surface area (Å²) in [6.07, 6.45) is 2.05. The van der Waals surface area contributed by atoms with E-state index in [0.717, 1.165) is 5.69 Å². The number of para-hydroxylation sites is 1. The molecule has 3 rings (SSSR count). The van der Waals surface area contributed by atoms with Crippen LogP contribution in [0.15, 0.2) is 34.1 Å². The van der Waals surface area contributed by atoms with Gasteiger partial charge in [-0.2, -0.15) is 9.40 Å². The van der Waals surface area contributed by atoms with Gasteiger partial charge < -0.3 is 4.90 Å². The highest BCUT2D eigenvalue weighted by Gasteiger charge is 2.33. The molecule has 0 radical (unpaired) electrons. The van der Waals surface area contributed by atoms with E-state index in [1.165, 1.54) is 13.9 Å². The van der Waals surface area contributed by atoms with Crippen LogP contribution in [-0.2, 0) is 17.1 Å². The highest BCUT2D eigenvalue weighted by atomic mass is 35.5. The van der Waals surface area contributed by atoms with Crippen molar-refractivity contribution in [3.8, 4) is 0 Å². The molecule has 0 aliphatic carbocycles. The molecule has 0 bridgehead atoms. The molecule has 0 amide bonds. The van der Waals surface area contributed by atoms with E-state index in [4.69, 9.17) is 11.6 Å². The standard InChI is InChI=1S/C16H21ClN4O2S2/c1-12-15(16(17)19(2)18-12)25(22,23)21-10-8-20(9-11-21)13-6-4-5-7-14(13)24-3/h4-7H,8-11H2,1-3H3. The van der Waals surface area contributed by atoms with Gasteiger partial charge in [-0.25, -0.2) is 8.42 Å². The molecule has 1 saturated heterocycles. The number of hydrogen-bond donors (Lipinski definition) is 0. The van der Waals surface area contributed by atoms with Gasteiger partial charge in [-0.05, 0) is 25.3 Å². The van der Waals surface area contributed by atoms with E-state index in [1.807, 2.05) is 18.4 Å². The molecule has 1 aromatic heterocycles. The van der Waals surface area contributed by atoms with E-state index < -0.39 is 10.0 Å². The van der Waals surface area contributed by atoms with Gasteiger partial charge in [0, 0.05) is 38.1 Å². The van der Waals surface area contributed by atoms with Crippen LogP contribution in [0.3, 0.4) is 0 Å². The average Bonchev–Trinajstić information content (AvgIpc) is 2.87. The van der Waals surface area contributed by atoms with E-state index in [0.29, 0.717) is 31.9 Å². The van der Waals surface area contributed by atoms with Gasteiger partial charge in [-0.1, -0.05) is 23.7 Å². The summed E-state index contributed by atoms with van der Waals surface area (Å²) in [5, 5.41) is 4.28. The first-order valence-corrected chi connectivity index (χ1v) is 11.0. The first-order chi connectivity index (χ1) is 11.9. The Labute approximate surface area is 157 Å². The fraction of sp³-hybridized carbons (Fsp3) is 0.438. The number of halogens is 1. The number of anilines is 1. The van der Waals surface area contributed by atoms with Crippen LogP contribution in [0, 0.1) is 6.92 Å². The second kappa shape index (κ2) is 7.19. The van der Waals surface area contributed by atoms with Crippen LogP contribution in [-0.4, -0.2) is 54.9 Å².